The Morgan fingerprint density at radius 1 is 0.960 bits per heavy atom. The third kappa shape index (κ3) is 3.37. The van der Waals surface area contributed by atoms with Gasteiger partial charge in [-0.15, -0.1) is 0 Å². The van der Waals surface area contributed by atoms with E-state index in [1.807, 2.05) is 0 Å². The fourth-order valence-corrected chi connectivity index (χ4v) is 3.58. The minimum Gasteiger partial charge on any atom is -0.288 e. The van der Waals surface area contributed by atoms with Gasteiger partial charge in [-0.05, 0) is 41.5 Å². The van der Waals surface area contributed by atoms with E-state index in [0.717, 1.165) is 6.07 Å². The fraction of sp³-hybridized carbons (Fsp3) is 0.235. The van der Waals surface area contributed by atoms with Gasteiger partial charge in [0.15, 0.2) is 0 Å². The summed E-state index contributed by atoms with van der Waals surface area (Å²) in [5.41, 5.74) is -1.73. The normalized spacial score (nSPS) is 20.7. The summed E-state index contributed by atoms with van der Waals surface area (Å²) in [6.07, 6.45) is -4.98. The summed E-state index contributed by atoms with van der Waals surface area (Å²) in [4.78, 5) is 4.06. The quantitative estimate of drug-likeness (QED) is 0.503. The zero-order valence-electron chi connectivity index (χ0n) is 12.5. The van der Waals surface area contributed by atoms with Crippen LogP contribution in [0.5, 0.6) is 0 Å². The minimum atomic E-state index is -4.57. The van der Waals surface area contributed by atoms with Crippen LogP contribution in [0.25, 0.3) is 0 Å². The number of rotatable bonds is 2. The predicted molar refractivity (Wildman–Crippen MR) is 91.6 cm³/mol. The van der Waals surface area contributed by atoms with E-state index in [9.17, 15) is 17.6 Å². The Labute approximate surface area is 156 Å². The molecule has 0 aromatic heterocycles. The van der Waals surface area contributed by atoms with Crippen LogP contribution in [0.15, 0.2) is 41.4 Å². The highest BCUT2D eigenvalue weighted by atomic mass is 35.5. The topological polar surface area (TPSA) is 12.4 Å². The van der Waals surface area contributed by atoms with E-state index in [1.54, 1.807) is 0 Å². The molecule has 1 nitrogen and oxygen atoms in total. The van der Waals surface area contributed by atoms with Crippen molar-refractivity contribution in [3.05, 3.63) is 68.4 Å². The third-order valence-corrected chi connectivity index (χ3v) is 4.95. The van der Waals surface area contributed by atoms with Crippen molar-refractivity contribution in [3.8, 4) is 0 Å². The van der Waals surface area contributed by atoms with Crippen molar-refractivity contribution < 1.29 is 17.6 Å². The largest absolute Gasteiger partial charge is 0.400 e. The predicted octanol–water partition coefficient (Wildman–Crippen LogP) is 6.48. The van der Waals surface area contributed by atoms with Crippen molar-refractivity contribution in [2.45, 2.75) is 18.0 Å². The van der Waals surface area contributed by atoms with E-state index >= 15 is 0 Å². The zero-order chi connectivity index (χ0) is 18.4. The molecule has 0 aliphatic carbocycles. The molecule has 0 spiro atoms. The monoisotopic (exact) mass is 409 g/mol. The molecule has 0 fully saturated rings. The number of hydrogen-bond acceptors (Lipinski definition) is 1. The molecule has 1 unspecified atom stereocenters. The SMILES string of the molecule is Fc1ccc(C2=NCC(c3cc(Cl)cc(Cl)c3)(C(F)(F)F)C2)cc1Cl. The molecule has 1 heterocycles. The minimum absolute atomic E-state index is 0.0514. The Bertz CT molecular complexity index is 843. The second kappa shape index (κ2) is 6.45. The van der Waals surface area contributed by atoms with Gasteiger partial charge in [-0.25, -0.2) is 4.39 Å². The Morgan fingerprint density at radius 3 is 2.16 bits per heavy atom. The molecule has 25 heavy (non-hydrogen) atoms. The van der Waals surface area contributed by atoms with Crippen LogP contribution in [-0.2, 0) is 5.41 Å². The van der Waals surface area contributed by atoms with E-state index in [1.165, 1.54) is 30.3 Å². The second-order valence-corrected chi connectivity index (χ2v) is 7.09. The van der Waals surface area contributed by atoms with Crippen LogP contribution in [0.3, 0.4) is 0 Å². The lowest BCUT2D eigenvalue weighted by Crippen LogP contribution is -2.43. The van der Waals surface area contributed by atoms with Crippen LogP contribution in [0.1, 0.15) is 17.5 Å². The molecule has 132 valence electrons. The van der Waals surface area contributed by atoms with Gasteiger partial charge in [0.2, 0.25) is 0 Å². The third-order valence-electron chi connectivity index (χ3n) is 4.22. The molecule has 0 amide bonds. The van der Waals surface area contributed by atoms with Gasteiger partial charge in [-0.3, -0.25) is 4.99 Å². The first-order valence-electron chi connectivity index (χ1n) is 7.14. The summed E-state index contributed by atoms with van der Waals surface area (Å²) >= 11 is 17.5. The van der Waals surface area contributed by atoms with Gasteiger partial charge in [0.1, 0.15) is 11.2 Å². The summed E-state index contributed by atoms with van der Waals surface area (Å²) < 4.78 is 55.2. The maximum atomic E-state index is 14.0. The van der Waals surface area contributed by atoms with Crippen LogP contribution in [0.2, 0.25) is 15.1 Å². The summed E-state index contributed by atoms with van der Waals surface area (Å²) in [5, 5.41) is 0.0595. The molecule has 2 aromatic rings. The zero-order valence-corrected chi connectivity index (χ0v) is 14.7. The van der Waals surface area contributed by atoms with Crippen molar-refractivity contribution in [1.82, 2.24) is 0 Å². The summed E-state index contributed by atoms with van der Waals surface area (Å²) in [6.45, 7) is -0.502. The van der Waals surface area contributed by atoms with E-state index in [2.05, 4.69) is 4.99 Å². The summed E-state index contributed by atoms with van der Waals surface area (Å²) in [5.74, 6) is -0.646. The van der Waals surface area contributed by atoms with Gasteiger partial charge in [-0.2, -0.15) is 13.2 Å². The molecule has 0 saturated heterocycles. The number of benzene rings is 2. The highest BCUT2D eigenvalue weighted by molar-refractivity contribution is 6.34. The van der Waals surface area contributed by atoms with Crippen LogP contribution >= 0.6 is 34.8 Å². The van der Waals surface area contributed by atoms with Crippen LogP contribution < -0.4 is 0 Å². The van der Waals surface area contributed by atoms with E-state index < -0.39 is 30.4 Å². The van der Waals surface area contributed by atoms with E-state index in [0.29, 0.717) is 5.56 Å². The average Bonchev–Trinajstić information content (AvgIpc) is 2.95. The average molecular weight is 411 g/mol. The summed E-state index contributed by atoms with van der Waals surface area (Å²) in [6, 6.07) is 7.59. The Morgan fingerprint density at radius 2 is 1.60 bits per heavy atom. The molecule has 1 atom stereocenters. The Kier molecular flexibility index (Phi) is 4.77. The number of aliphatic imine (C=N–C) groups is 1. The van der Waals surface area contributed by atoms with Gasteiger partial charge >= 0.3 is 6.18 Å². The number of hydrogen-bond donors (Lipinski definition) is 0. The Hall–Kier alpha value is -1.30. The molecule has 0 N–H and O–H groups in total. The first-order chi connectivity index (χ1) is 11.6. The van der Waals surface area contributed by atoms with Crippen molar-refractivity contribution in [1.29, 1.82) is 0 Å². The van der Waals surface area contributed by atoms with Gasteiger partial charge in [0.05, 0.1) is 11.6 Å². The molecule has 0 bridgehead atoms. The van der Waals surface area contributed by atoms with Crippen molar-refractivity contribution in [2.24, 2.45) is 4.99 Å². The molecule has 0 saturated carbocycles. The number of alkyl halides is 3. The smallest absolute Gasteiger partial charge is 0.288 e. The standard InChI is InChI=1S/C17H10Cl3F4N/c18-11-4-10(5-12(19)6-11)16(17(22,23)24)7-15(25-8-16)9-1-2-14(21)13(20)3-9/h1-6H,7-8H2. The number of nitrogens with zero attached hydrogens (tertiary/aromatic N) is 1. The molecule has 3 rings (SSSR count). The lowest BCUT2D eigenvalue weighted by Gasteiger charge is -2.31. The highest BCUT2D eigenvalue weighted by Gasteiger charge is 2.58. The van der Waals surface area contributed by atoms with Crippen LogP contribution in [0, 0.1) is 5.82 Å². The van der Waals surface area contributed by atoms with Crippen LogP contribution in [-0.4, -0.2) is 18.4 Å². The van der Waals surface area contributed by atoms with Gasteiger partial charge in [0.25, 0.3) is 0 Å². The van der Waals surface area contributed by atoms with Crippen molar-refractivity contribution in [2.75, 3.05) is 6.54 Å². The first-order valence-corrected chi connectivity index (χ1v) is 8.28. The van der Waals surface area contributed by atoms with E-state index in [-0.39, 0.29) is 26.3 Å². The molecule has 8 heteroatoms. The highest BCUT2D eigenvalue weighted by Crippen LogP contribution is 2.48. The van der Waals surface area contributed by atoms with Crippen molar-refractivity contribution >= 4 is 40.5 Å². The lowest BCUT2D eigenvalue weighted by molar-refractivity contribution is -0.183. The van der Waals surface area contributed by atoms with Gasteiger partial charge in [0, 0.05) is 22.2 Å². The maximum absolute atomic E-state index is 14.0. The van der Waals surface area contributed by atoms with Gasteiger partial charge in [-0.1, -0.05) is 40.9 Å². The summed E-state index contributed by atoms with van der Waals surface area (Å²) in [7, 11) is 0. The van der Waals surface area contributed by atoms with E-state index in [4.69, 9.17) is 34.8 Å². The van der Waals surface area contributed by atoms with Crippen LogP contribution in [0.4, 0.5) is 17.6 Å². The van der Waals surface area contributed by atoms with Gasteiger partial charge < -0.3 is 0 Å². The maximum Gasteiger partial charge on any atom is 0.400 e. The molecule has 1 aliphatic heterocycles. The first kappa shape index (κ1) is 18.5. The lowest BCUT2D eigenvalue weighted by atomic mass is 9.76. The fourth-order valence-electron chi connectivity index (χ4n) is 2.87. The molecule has 0 radical (unpaired) electrons. The molecular weight excluding hydrogens is 401 g/mol. The Balaban J connectivity index is 2.04. The molecule has 1 aliphatic rings. The second-order valence-electron chi connectivity index (χ2n) is 5.81. The van der Waals surface area contributed by atoms with Crippen molar-refractivity contribution in [3.63, 3.8) is 0 Å². The number of halogens is 7. The molecule has 2 aromatic carbocycles. The molecular formula is C17H10Cl3F4N.